The summed E-state index contributed by atoms with van der Waals surface area (Å²) in [6, 6.07) is -0.431. The number of rotatable bonds is 5. The Bertz CT molecular complexity index is 1030. The third-order valence-corrected chi connectivity index (χ3v) is 7.77. The Morgan fingerprint density at radius 2 is 1.97 bits per heavy atom. The van der Waals surface area contributed by atoms with E-state index in [-0.39, 0.29) is 36.5 Å². The molecule has 34 heavy (non-hydrogen) atoms. The number of piperidine rings is 1. The molecule has 2 aliphatic heterocycles. The molecule has 1 saturated carbocycles. The van der Waals surface area contributed by atoms with Gasteiger partial charge in [0.2, 0.25) is 11.8 Å². The first-order chi connectivity index (χ1) is 16.3. The molecule has 8 nitrogen and oxygen atoms in total. The molecule has 3 N–H and O–H groups in total. The normalized spacial score (nSPS) is 27.6. The van der Waals surface area contributed by atoms with Gasteiger partial charge in [-0.3, -0.25) is 4.79 Å². The van der Waals surface area contributed by atoms with Gasteiger partial charge in [-0.05, 0) is 43.9 Å². The van der Waals surface area contributed by atoms with Crippen molar-refractivity contribution in [3.05, 3.63) is 23.3 Å². The van der Waals surface area contributed by atoms with Crippen molar-refractivity contribution in [3.8, 4) is 0 Å². The highest BCUT2D eigenvalue weighted by molar-refractivity contribution is 5.79. The average molecular weight is 477 g/mol. The number of amides is 1. The lowest BCUT2D eigenvalue weighted by atomic mass is 9.81. The van der Waals surface area contributed by atoms with Gasteiger partial charge in [-0.15, -0.1) is 0 Å². The zero-order valence-electron chi connectivity index (χ0n) is 19.7. The maximum atomic E-state index is 13.6. The lowest BCUT2D eigenvalue weighted by molar-refractivity contribution is -0.127. The van der Waals surface area contributed by atoms with Crippen LogP contribution in [-0.4, -0.2) is 51.2 Å². The predicted octanol–water partition coefficient (Wildman–Crippen LogP) is 3.16. The quantitative estimate of drug-likeness (QED) is 0.687. The van der Waals surface area contributed by atoms with Crippen LogP contribution >= 0.6 is 0 Å². The second kappa shape index (κ2) is 9.45. The Kier molecular flexibility index (Phi) is 6.54. The van der Waals surface area contributed by atoms with Crippen LogP contribution in [0.2, 0.25) is 0 Å². The van der Waals surface area contributed by atoms with Gasteiger partial charge in [0.25, 0.3) is 5.78 Å². The summed E-state index contributed by atoms with van der Waals surface area (Å²) >= 11 is 0. The molecule has 3 atom stereocenters. The van der Waals surface area contributed by atoms with Crippen LogP contribution in [0.5, 0.6) is 0 Å². The highest BCUT2D eigenvalue weighted by Crippen LogP contribution is 2.40. The van der Waals surface area contributed by atoms with E-state index in [4.69, 9.17) is 20.6 Å². The molecule has 0 bridgehead atoms. The molecule has 1 amide bonds. The van der Waals surface area contributed by atoms with Gasteiger partial charge in [-0.25, -0.2) is 23.3 Å². The SMILES string of the molecule is C[C@@H]1CNC(=O)[C@@H](Cc2nn3cc([C@@H](N)C4CCC(F)(F)CC4)nc3nc2C2CCOCC2)C1. The molecule has 2 aromatic rings. The fourth-order valence-corrected chi connectivity index (χ4v) is 5.65. The lowest BCUT2D eigenvalue weighted by Gasteiger charge is -2.31. The Hall–Kier alpha value is -2.20. The van der Waals surface area contributed by atoms with Crippen LogP contribution in [-0.2, 0) is 16.0 Å². The number of nitrogens with one attached hydrogen (secondary N) is 1. The van der Waals surface area contributed by atoms with E-state index in [2.05, 4.69) is 17.2 Å². The summed E-state index contributed by atoms with van der Waals surface area (Å²) in [5.41, 5.74) is 8.83. The number of imidazole rings is 1. The fraction of sp³-hybridized carbons (Fsp3) is 0.750. The Morgan fingerprint density at radius 3 is 2.71 bits per heavy atom. The van der Waals surface area contributed by atoms with Gasteiger partial charge in [-0.2, -0.15) is 5.10 Å². The Balaban J connectivity index is 1.44. The molecule has 4 heterocycles. The molecule has 2 aromatic heterocycles. The van der Waals surface area contributed by atoms with Crippen molar-refractivity contribution in [2.45, 2.75) is 76.2 Å². The third kappa shape index (κ3) is 4.93. The predicted molar refractivity (Wildman–Crippen MR) is 121 cm³/mol. The second-order valence-corrected chi connectivity index (χ2v) is 10.4. The zero-order chi connectivity index (χ0) is 23.9. The molecule has 3 fully saturated rings. The summed E-state index contributed by atoms with van der Waals surface area (Å²) in [6.07, 6.45) is 5.36. The maximum Gasteiger partial charge on any atom is 0.251 e. The van der Waals surface area contributed by atoms with Gasteiger partial charge < -0.3 is 15.8 Å². The summed E-state index contributed by atoms with van der Waals surface area (Å²) in [6.45, 7) is 4.21. The van der Waals surface area contributed by atoms with Crippen molar-refractivity contribution in [2.24, 2.45) is 23.5 Å². The van der Waals surface area contributed by atoms with Gasteiger partial charge in [0.1, 0.15) is 0 Å². The maximum absolute atomic E-state index is 13.6. The van der Waals surface area contributed by atoms with E-state index >= 15 is 0 Å². The van der Waals surface area contributed by atoms with Crippen LogP contribution in [0.25, 0.3) is 5.78 Å². The van der Waals surface area contributed by atoms with Gasteiger partial charge >= 0.3 is 0 Å². The molecule has 5 rings (SSSR count). The van der Waals surface area contributed by atoms with Gasteiger partial charge in [-0.1, -0.05) is 6.92 Å². The Labute approximate surface area is 198 Å². The number of ether oxygens (including phenoxy) is 1. The van der Waals surface area contributed by atoms with E-state index in [9.17, 15) is 13.6 Å². The van der Waals surface area contributed by atoms with Gasteiger partial charge in [0.15, 0.2) is 0 Å². The van der Waals surface area contributed by atoms with Crippen LogP contribution in [0.3, 0.4) is 0 Å². The number of nitrogens with zero attached hydrogens (tertiary/aromatic N) is 4. The minimum atomic E-state index is -2.59. The van der Waals surface area contributed by atoms with E-state index < -0.39 is 12.0 Å². The van der Waals surface area contributed by atoms with Crippen molar-refractivity contribution in [1.29, 1.82) is 0 Å². The van der Waals surface area contributed by atoms with E-state index in [0.29, 0.717) is 56.4 Å². The minimum Gasteiger partial charge on any atom is -0.381 e. The average Bonchev–Trinajstić information content (AvgIpc) is 3.24. The van der Waals surface area contributed by atoms with Crippen LogP contribution in [0, 0.1) is 17.8 Å². The summed E-state index contributed by atoms with van der Waals surface area (Å²) in [5.74, 6) is -1.59. The largest absolute Gasteiger partial charge is 0.381 e. The number of carbonyl (C=O) groups is 1. The fourth-order valence-electron chi connectivity index (χ4n) is 5.65. The molecule has 0 aromatic carbocycles. The van der Waals surface area contributed by atoms with E-state index in [1.165, 1.54) is 0 Å². The lowest BCUT2D eigenvalue weighted by Crippen LogP contribution is -2.41. The molecule has 0 unspecified atom stereocenters. The molecule has 2 saturated heterocycles. The minimum absolute atomic E-state index is 0.0357. The van der Waals surface area contributed by atoms with Crippen LogP contribution < -0.4 is 11.1 Å². The summed E-state index contributed by atoms with van der Waals surface area (Å²) < 4.78 is 34.4. The second-order valence-electron chi connectivity index (χ2n) is 10.4. The number of aromatic nitrogens is 4. The smallest absolute Gasteiger partial charge is 0.251 e. The summed E-state index contributed by atoms with van der Waals surface area (Å²) in [7, 11) is 0. The van der Waals surface area contributed by atoms with Crippen molar-refractivity contribution in [2.75, 3.05) is 19.8 Å². The van der Waals surface area contributed by atoms with E-state index in [1.54, 1.807) is 10.7 Å². The molecule has 1 aliphatic carbocycles. The number of fused-ring (bicyclic) bond motifs is 1. The molecule has 0 spiro atoms. The molecule has 3 aliphatic rings. The van der Waals surface area contributed by atoms with Crippen LogP contribution in [0.15, 0.2) is 6.20 Å². The van der Waals surface area contributed by atoms with E-state index in [1.807, 2.05) is 0 Å². The number of nitrogens with two attached hydrogens (primary N) is 1. The third-order valence-electron chi connectivity index (χ3n) is 7.77. The van der Waals surface area contributed by atoms with Crippen LogP contribution in [0.4, 0.5) is 8.78 Å². The molecule has 0 radical (unpaired) electrons. The number of carbonyl (C=O) groups excluding carboxylic acids is 1. The van der Waals surface area contributed by atoms with Crippen molar-refractivity contribution < 1.29 is 18.3 Å². The summed E-state index contributed by atoms with van der Waals surface area (Å²) in [5, 5.41) is 7.87. The van der Waals surface area contributed by atoms with Crippen molar-refractivity contribution in [1.82, 2.24) is 24.9 Å². The number of halogens is 2. The number of alkyl halides is 2. The monoisotopic (exact) mass is 476 g/mol. The van der Waals surface area contributed by atoms with Gasteiger partial charge in [0, 0.05) is 50.9 Å². The first-order valence-corrected chi connectivity index (χ1v) is 12.5. The van der Waals surface area contributed by atoms with Crippen molar-refractivity contribution in [3.63, 3.8) is 0 Å². The first kappa shape index (κ1) is 23.5. The van der Waals surface area contributed by atoms with Gasteiger partial charge in [0.05, 0.1) is 29.3 Å². The molecule has 186 valence electrons. The molecular formula is C24H34F2N6O2. The number of hydrogen-bond donors (Lipinski definition) is 2. The zero-order valence-corrected chi connectivity index (χ0v) is 19.7. The van der Waals surface area contributed by atoms with E-state index in [0.717, 1.165) is 30.7 Å². The topological polar surface area (TPSA) is 107 Å². The number of hydrogen-bond acceptors (Lipinski definition) is 6. The molecule has 10 heteroatoms. The highest BCUT2D eigenvalue weighted by Gasteiger charge is 2.38. The highest BCUT2D eigenvalue weighted by atomic mass is 19.3. The summed E-state index contributed by atoms with van der Waals surface area (Å²) in [4.78, 5) is 22.1. The first-order valence-electron chi connectivity index (χ1n) is 12.5. The molecular weight excluding hydrogens is 442 g/mol. The Morgan fingerprint density at radius 1 is 1.24 bits per heavy atom. The van der Waals surface area contributed by atoms with Crippen molar-refractivity contribution >= 4 is 11.7 Å². The van der Waals surface area contributed by atoms with Crippen LogP contribution in [0.1, 0.15) is 80.9 Å². The standard InChI is InChI=1S/C24H34F2N6O2/c1-14-10-17(22(33)28-12-14)11-18-21(16-4-8-34-9-5-16)30-23-29-19(13-32(23)31-18)20(27)15-2-6-24(25,26)7-3-15/h13-17,20H,2-12,27H2,1H3,(H,28,33)/t14-,17+,20-/m0/s1.